The smallest absolute Gasteiger partial charge is 0.254 e. The minimum Gasteiger partial charge on any atom is -0.390 e. The fourth-order valence-corrected chi connectivity index (χ4v) is 4.43. The number of aromatic nitrogens is 1. The van der Waals surface area contributed by atoms with Crippen molar-refractivity contribution in [1.29, 1.82) is 0 Å². The Morgan fingerprint density at radius 1 is 0.967 bits per heavy atom. The second kappa shape index (κ2) is 7.20. The molecule has 3 N–H and O–H groups in total. The quantitative estimate of drug-likeness (QED) is 0.543. The summed E-state index contributed by atoms with van der Waals surface area (Å²) in [5, 5.41) is 13.0. The highest BCUT2D eigenvalue weighted by Gasteiger charge is 2.32. The number of hydrogen-bond donors (Lipinski definition) is 2. The van der Waals surface area contributed by atoms with Gasteiger partial charge in [-0.3, -0.25) is 9.78 Å². The highest BCUT2D eigenvalue weighted by atomic mass is 16.3. The Bertz CT molecular complexity index is 1270. The van der Waals surface area contributed by atoms with Gasteiger partial charge in [-0.25, -0.2) is 0 Å². The average Bonchev–Trinajstić information content (AvgIpc) is 3.11. The van der Waals surface area contributed by atoms with Crippen molar-refractivity contribution in [2.24, 2.45) is 5.73 Å². The maximum Gasteiger partial charge on any atom is 0.254 e. The molecule has 1 aliphatic heterocycles. The van der Waals surface area contributed by atoms with Crippen LogP contribution in [0.15, 0.2) is 66.9 Å². The summed E-state index contributed by atoms with van der Waals surface area (Å²) in [6, 6.07) is 19.7. The van der Waals surface area contributed by atoms with Crippen molar-refractivity contribution in [2.45, 2.75) is 19.1 Å². The number of nitrogens with two attached hydrogens (primary N) is 1. The summed E-state index contributed by atoms with van der Waals surface area (Å²) in [5.74, 6) is -0.0971. The van der Waals surface area contributed by atoms with Gasteiger partial charge in [-0.1, -0.05) is 48.5 Å². The Morgan fingerprint density at radius 2 is 1.70 bits per heavy atom. The number of hydrogen-bond acceptors (Lipinski definition) is 4. The molecule has 150 valence electrons. The zero-order valence-corrected chi connectivity index (χ0v) is 16.7. The Balaban J connectivity index is 1.68. The molecule has 2 heterocycles. The van der Waals surface area contributed by atoms with E-state index in [1.165, 1.54) is 0 Å². The number of benzene rings is 3. The van der Waals surface area contributed by atoms with Crippen molar-refractivity contribution in [3.63, 3.8) is 0 Å². The van der Waals surface area contributed by atoms with Crippen molar-refractivity contribution >= 4 is 27.6 Å². The number of carbonyl (C=O) groups excluding carboxylic acids is 1. The standard InChI is InChI=1S/C25H23N3O2/c1-15-10-11-19(20-9-4-12-27-24(15)20)17-5-2-7-18-16(17)6-3-8-21(18)25(30)28-13-22(26)23(29)14-28/h2-12,22-23,29H,13-14,26H2,1H3/t22-,23-/m1/s1. The number of rotatable bonds is 2. The number of aliphatic hydroxyl groups is 1. The van der Waals surface area contributed by atoms with Gasteiger partial charge in [0.05, 0.1) is 11.6 Å². The lowest BCUT2D eigenvalue weighted by Crippen LogP contribution is -2.33. The van der Waals surface area contributed by atoms with Crippen molar-refractivity contribution in [3.8, 4) is 11.1 Å². The lowest BCUT2D eigenvalue weighted by atomic mass is 9.92. The van der Waals surface area contributed by atoms with Crippen LogP contribution in [0.4, 0.5) is 0 Å². The molecule has 0 radical (unpaired) electrons. The number of carbonyl (C=O) groups is 1. The minimum absolute atomic E-state index is 0.0971. The predicted octanol–water partition coefficient (Wildman–Crippen LogP) is 3.51. The van der Waals surface area contributed by atoms with Crippen molar-refractivity contribution in [1.82, 2.24) is 9.88 Å². The third kappa shape index (κ3) is 2.95. The summed E-state index contributed by atoms with van der Waals surface area (Å²) >= 11 is 0. The van der Waals surface area contributed by atoms with Crippen LogP contribution in [-0.4, -0.2) is 46.1 Å². The van der Waals surface area contributed by atoms with Crippen molar-refractivity contribution < 1.29 is 9.90 Å². The highest BCUT2D eigenvalue weighted by Crippen LogP contribution is 2.35. The van der Waals surface area contributed by atoms with Gasteiger partial charge in [0.2, 0.25) is 0 Å². The molecule has 1 saturated heterocycles. The summed E-state index contributed by atoms with van der Waals surface area (Å²) in [7, 11) is 0. The Labute approximate surface area is 174 Å². The van der Waals surface area contributed by atoms with Gasteiger partial charge in [0.25, 0.3) is 5.91 Å². The third-order valence-electron chi connectivity index (χ3n) is 6.03. The third-order valence-corrected chi connectivity index (χ3v) is 6.03. The van der Waals surface area contributed by atoms with Crippen LogP contribution in [-0.2, 0) is 0 Å². The molecule has 30 heavy (non-hydrogen) atoms. The number of aliphatic hydroxyl groups excluding tert-OH is 1. The van der Waals surface area contributed by atoms with Crippen LogP contribution in [0.3, 0.4) is 0 Å². The first-order valence-electron chi connectivity index (χ1n) is 10.1. The fourth-order valence-electron chi connectivity index (χ4n) is 4.43. The topological polar surface area (TPSA) is 79.5 Å². The van der Waals surface area contributed by atoms with E-state index in [0.717, 1.165) is 38.4 Å². The first-order valence-corrected chi connectivity index (χ1v) is 10.1. The van der Waals surface area contributed by atoms with Gasteiger partial charge in [0.15, 0.2) is 0 Å². The molecule has 5 rings (SSSR count). The van der Waals surface area contributed by atoms with E-state index < -0.39 is 12.1 Å². The Kier molecular flexibility index (Phi) is 4.50. The van der Waals surface area contributed by atoms with E-state index >= 15 is 0 Å². The molecule has 1 amide bonds. The highest BCUT2D eigenvalue weighted by molar-refractivity contribution is 6.12. The average molecular weight is 397 g/mol. The lowest BCUT2D eigenvalue weighted by molar-refractivity contribution is 0.0767. The number of pyridine rings is 1. The molecular formula is C25H23N3O2. The lowest BCUT2D eigenvalue weighted by Gasteiger charge is -2.18. The predicted molar refractivity (Wildman–Crippen MR) is 119 cm³/mol. The van der Waals surface area contributed by atoms with Gasteiger partial charge in [0, 0.05) is 36.3 Å². The Hall–Kier alpha value is -3.28. The monoisotopic (exact) mass is 397 g/mol. The molecule has 4 aromatic rings. The Morgan fingerprint density at radius 3 is 2.50 bits per heavy atom. The molecule has 0 saturated carbocycles. The van der Waals surface area contributed by atoms with Crippen molar-refractivity contribution in [2.75, 3.05) is 13.1 Å². The summed E-state index contributed by atoms with van der Waals surface area (Å²) in [6.45, 7) is 2.70. The van der Waals surface area contributed by atoms with E-state index in [1.54, 1.807) is 4.90 Å². The van der Waals surface area contributed by atoms with Crippen molar-refractivity contribution in [3.05, 3.63) is 78.0 Å². The van der Waals surface area contributed by atoms with Gasteiger partial charge in [-0.2, -0.15) is 0 Å². The van der Waals surface area contributed by atoms with Crippen LogP contribution in [0.25, 0.3) is 32.8 Å². The largest absolute Gasteiger partial charge is 0.390 e. The molecule has 5 nitrogen and oxygen atoms in total. The van der Waals surface area contributed by atoms with E-state index in [0.29, 0.717) is 12.1 Å². The zero-order chi connectivity index (χ0) is 20.8. The molecule has 0 unspecified atom stereocenters. The molecule has 1 aromatic heterocycles. The molecular weight excluding hydrogens is 374 g/mol. The molecule has 0 aliphatic carbocycles. The number of β-amino-alcohol motifs (C(OH)–C–C–N with tert-alkyl or cyclic N) is 1. The molecule has 2 atom stereocenters. The minimum atomic E-state index is -0.675. The molecule has 5 heteroatoms. The molecule has 0 bridgehead atoms. The molecule has 3 aromatic carbocycles. The molecule has 0 spiro atoms. The number of nitrogens with zero attached hydrogens (tertiary/aromatic N) is 2. The molecule has 1 fully saturated rings. The normalized spacial score (nSPS) is 19.0. The van der Waals surface area contributed by atoms with Crippen LogP contribution in [0.5, 0.6) is 0 Å². The second-order valence-electron chi connectivity index (χ2n) is 7.98. The number of amides is 1. The van der Waals surface area contributed by atoms with Gasteiger partial charge < -0.3 is 15.7 Å². The summed E-state index contributed by atoms with van der Waals surface area (Å²) in [6.07, 6.45) is 1.14. The SMILES string of the molecule is Cc1ccc(-c2cccc3c(C(=O)N4C[C@@H](N)[C@H](O)C4)cccc23)c2cccnc12. The van der Waals surface area contributed by atoms with Crippen LogP contribution >= 0.6 is 0 Å². The number of fused-ring (bicyclic) bond motifs is 2. The fraction of sp³-hybridized carbons (Fsp3) is 0.200. The van der Waals surface area contributed by atoms with Crippen LogP contribution in [0, 0.1) is 6.92 Å². The summed E-state index contributed by atoms with van der Waals surface area (Å²) in [4.78, 5) is 19.4. The first kappa shape index (κ1) is 18.7. The van der Waals surface area contributed by atoms with Crippen LogP contribution in [0.2, 0.25) is 0 Å². The number of aryl methyl sites for hydroxylation is 1. The van der Waals surface area contributed by atoms with Crippen LogP contribution in [0.1, 0.15) is 15.9 Å². The van der Waals surface area contributed by atoms with E-state index in [2.05, 4.69) is 36.2 Å². The maximum absolute atomic E-state index is 13.2. The van der Waals surface area contributed by atoms with Gasteiger partial charge in [-0.15, -0.1) is 0 Å². The van der Waals surface area contributed by atoms with Gasteiger partial charge in [0.1, 0.15) is 0 Å². The molecule has 1 aliphatic rings. The van der Waals surface area contributed by atoms with Gasteiger partial charge >= 0.3 is 0 Å². The van der Waals surface area contributed by atoms with Gasteiger partial charge in [-0.05, 0) is 46.5 Å². The maximum atomic E-state index is 13.2. The van der Waals surface area contributed by atoms with E-state index in [1.807, 2.05) is 42.6 Å². The zero-order valence-electron chi connectivity index (χ0n) is 16.7. The number of likely N-dealkylation sites (tertiary alicyclic amines) is 1. The second-order valence-corrected chi connectivity index (χ2v) is 7.98. The van der Waals surface area contributed by atoms with E-state index in [4.69, 9.17) is 5.73 Å². The summed E-state index contributed by atoms with van der Waals surface area (Å²) in [5.41, 5.74) is 10.8. The van der Waals surface area contributed by atoms with Crippen LogP contribution < -0.4 is 5.73 Å². The van der Waals surface area contributed by atoms with E-state index in [9.17, 15) is 9.90 Å². The van der Waals surface area contributed by atoms with E-state index in [-0.39, 0.29) is 12.5 Å². The first-order chi connectivity index (χ1) is 14.5. The summed E-state index contributed by atoms with van der Waals surface area (Å²) < 4.78 is 0.